The highest BCUT2D eigenvalue weighted by molar-refractivity contribution is 6.02. The molecule has 2 aliphatic heterocycles. The summed E-state index contributed by atoms with van der Waals surface area (Å²) in [6.45, 7) is 2.46. The van der Waals surface area contributed by atoms with Gasteiger partial charge in [0, 0.05) is 31.3 Å². The summed E-state index contributed by atoms with van der Waals surface area (Å²) in [5, 5.41) is 2.87. The molecule has 28 heavy (non-hydrogen) atoms. The highest BCUT2D eigenvalue weighted by Gasteiger charge is 2.20. The Morgan fingerprint density at radius 2 is 1.96 bits per heavy atom. The van der Waals surface area contributed by atoms with Crippen LogP contribution in [0, 0.1) is 0 Å². The Labute approximate surface area is 163 Å². The zero-order valence-corrected chi connectivity index (χ0v) is 15.5. The van der Waals surface area contributed by atoms with Crippen LogP contribution in [0.2, 0.25) is 0 Å². The van der Waals surface area contributed by atoms with E-state index in [0.717, 1.165) is 29.8 Å². The molecular formula is C22H22N2O4. The highest BCUT2D eigenvalue weighted by Crippen LogP contribution is 2.31. The van der Waals surface area contributed by atoms with E-state index in [4.69, 9.17) is 9.47 Å². The van der Waals surface area contributed by atoms with Crippen LogP contribution in [0.1, 0.15) is 24.0 Å². The molecule has 0 radical (unpaired) electrons. The number of hydrogen-bond acceptors (Lipinski definition) is 4. The van der Waals surface area contributed by atoms with Gasteiger partial charge in [0.25, 0.3) is 0 Å². The maximum absolute atomic E-state index is 12.3. The molecule has 0 spiro atoms. The lowest BCUT2D eigenvalue weighted by Crippen LogP contribution is -2.23. The number of rotatable bonds is 5. The Kier molecular flexibility index (Phi) is 5.28. The van der Waals surface area contributed by atoms with E-state index in [-0.39, 0.29) is 11.8 Å². The number of likely N-dealkylation sites (tertiary alicyclic amines) is 1. The summed E-state index contributed by atoms with van der Waals surface area (Å²) in [7, 11) is 0. The van der Waals surface area contributed by atoms with Crippen LogP contribution in [-0.2, 0) is 16.1 Å². The number of carbonyl (C=O) groups is 2. The fourth-order valence-corrected chi connectivity index (χ4v) is 3.36. The predicted molar refractivity (Wildman–Crippen MR) is 106 cm³/mol. The quantitative estimate of drug-likeness (QED) is 0.811. The number of carbonyl (C=O) groups excluding carboxylic acids is 2. The first-order valence-corrected chi connectivity index (χ1v) is 9.43. The number of anilines is 1. The number of nitrogens with zero attached hydrogens (tertiary/aromatic N) is 1. The zero-order chi connectivity index (χ0) is 19.3. The summed E-state index contributed by atoms with van der Waals surface area (Å²) >= 11 is 0. The van der Waals surface area contributed by atoms with Crippen LogP contribution in [0.5, 0.6) is 11.5 Å². The number of ether oxygens (including phenoxy) is 2. The van der Waals surface area contributed by atoms with E-state index in [0.29, 0.717) is 37.6 Å². The van der Waals surface area contributed by atoms with Gasteiger partial charge in [-0.05, 0) is 47.9 Å². The molecule has 2 aliphatic rings. The molecule has 1 fully saturated rings. The molecule has 1 saturated heterocycles. The monoisotopic (exact) mass is 378 g/mol. The minimum atomic E-state index is -0.218. The third-order valence-electron chi connectivity index (χ3n) is 4.73. The van der Waals surface area contributed by atoms with Crippen molar-refractivity contribution in [2.75, 3.05) is 25.1 Å². The lowest BCUT2D eigenvalue weighted by atomic mass is 10.1. The molecule has 0 saturated carbocycles. The van der Waals surface area contributed by atoms with E-state index < -0.39 is 0 Å². The molecule has 0 atom stereocenters. The molecule has 2 aromatic rings. The molecular weight excluding hydrogens is 356 g/mol. The Hall–Kier alpha value is -3.28. The first-order valence-electron chi connectivity index (χ1n) is 9.43. The lowest BCUT2D eigenvalue weighted by Gasteiger charge is -2.18. The average Bonchev–Trinajstić information content (AvgIpc) is 3.11. The third-order valence-corrected chi connectivity index (χ3v) is 4.73. The van der Waals surface area contributed by atoms with Gasteiger partial charge in [-0.25, -0.2) is 0 Å². The molecule has 0 aromatic heterocycles. The van der Waals surface area contributed by atoms with Crippen molar-refractivity contribution in [3.05, 3.63) is 59.7 Å². The van der Waals surface area contributed by atoms with E-state index in [9.17, 15) is 9.59 Å². The number of fused-ring (bicyclic) bond motifs is 1. The summed E-state index contributed by atoms with van der Waals surface area (Å²) in [4.78, 5) is 25.9. The fourth-order valence-electron chi connectivity index (χ4n) is 3.36. The average molecular weight is 378 g/mol. The van der Waals surface area contributed by atoms with Gasteiger partial charge in [0.05, 0.1) is 0 Å². The largest absolute Gasteiger partial charge is 0.486 e. The highest BCUT2D eigenvalue weighted by atomic mass is 16.6. The molecule has 1 N–H and O–H groups in total. The van der Waals surface area contributed by atoms with Crippen molar-refractivity contribution in [2.45, 2.75) is 19.4 Å². The maximum atomic E-state index is 12.3. The van der Waals surface area contributed by atoms with Crippen molar-refractivity contribution in [3.8, 4) is 11.5 Å². The van der Waals surface area contributed by atoms with Crippen LogP contribution in [-0.4, -0.2) is 36.5 Å². The Balaban J connectivity index is 1.37. The van der Waals surface area contributed by atoms with Gasteiger partial charge in [-0.2, -0.15) is 0 Å². The molecule has 2 amide bonds. The molecule has 0 aliphatic carbocycles. The van der Waals surface area contributed by atoms with Gasteiger partial charge in [0.15, 0.2) is 11.5 Å². The second-order valence-corrected chi connectivity index (χ2v) is 6.84. The zero-order valence-electron chi connectivity index (χ0n) is 15.5. The van der Waals surface area contributed by atoms with Gasteiger partial charge in [-0.3, -0.25) is 9.59 Å². The number of amides is 2. The van der Waals surface area contributed by atoms with Crippen molar-refractivity contribution in [1.29, 1.82) is 0 Å². The second kappa shape index (κ2) is 8.17. The first-order chi connectivity index (χ1) is 13.7. The van der Waals surface area contributed by atoms with Crippen LogP contribution in [0.3, 0.4) is 0 Å². The minimum Gasteiger partial charge on any atom is -0.486 e. The molecule has 6 nitrogen and oxygen atoms in total. The molecule has 144 valence electrons. The van der Waals surface area contributed by atoms with Crippen LogP contribution >= 0.6 is 0 Å². The van der Waals surface area contributed by atoms with E-state index in [1.165, 1.54) is 6.08 Å². The minimum absolute atomic E-state index is 0.191. The van der Waals surface area contributed by atoms with Gasteiger partial charge >= 0.3 is 0 Å². The Bertz CT molecular complexity index is 923. The van der Waals surface area contributed by atoms with Gasteiger partial charge in [0.2, 0.25) is 11.8 Å². The maximum Gasteiger partial charge on any atom is 0.248 e. The Morgan fingerprint density at radius 3 is 2.79 bits per heavy atom. The van der Waals surface area contributed by atoms with Crippen molar-refractivity contribution in [2.24, 2.45) is 0 Å². The third kappa shape index (κ3) is 4.34. The molecule has 0 bridgehead atoms. The standard InChI is InChI=1S/C22H22N2O4/c25-21(9-7-16-6-8-19-20(14-16)28-12-11-27-19)23-18-4-1-3-17(13-18)15-24-10-2-5-22(24)26/h1,3-4,6-9,13-14H,2,5,10-12,15H2,(H,23,25)/b9-7+. The fraction of sp³-hybridized carbons (Fsp3) is 0.273. The van der Waals surface area contributed by atoms with Crippen LogP contribution in [0.25, 0.3) is 6.08 Å². The van der Waals surface area contributed by atoms with Crippen molar-refractivity contribution in [3.63, 3.8) is 0 Å². The predicted octanol–water partition coefficient (Wildman–Crippen LogP) is 3.23. The van der Waals surface area contributed by atoms with Gasteiger partial charge in [-0.1, -0.05) is 18.2 Å². The molecule has 6 heteroatoms. The van der Waals surface area contributed by atoms with Crippen LogP contribution < -0.4 is 14.8 Å². The van der Waals surface area contributed by atoms with E-state index in [2.05, 4.69) is 5.32 Å². The van der Waals surface area contributed by atoms with Gasteiger partial charge in [-0.15, -0.1) is 0 Å². The van der Waals surface area contributed by atoms with Crippen molar-refractivity contribution in [1.82, 2.24) is 4.90 Å². The molecule has 4 rings (SSSR count). The smallest absolute Gasteiger partial charge is 0.248 e. The summed E-state index contributed by atoms with van der Waals surface area (Å²) in [6.07, 6.45) is 4.77. The Morgan fingerprint density at radius 1 is 1.11 bits per heavy atom. The summed E-state index contributed by atoms with van der Waals surface area (Å²) in [5.41, 5.74) is 2.57. The van der Waals surface area contributed by atoms with Crippen molar-refractivity contribution >= 4 is 23.6 Å². The molecule has 2 heterocycles. The summed E-state index contributed by atoms with van der Waals surface area (Å²) in [6, 6.07) is 13.2. The number of hydrogen-bond donors (Lipinski definition) is 1. The molecule has 2 aromatic carbocycles. The van der Waals surface area contributed by atoms with Gasteiger partial charge < -0.3 is 19.7 Å². The van der Waals surface area contributed by atoms with Crippen molar-refractivity contribution < 1.29 is 19.1 Å². The van der Waals surface area contributed by atoms with E-state index in [1.807, 2.05) is 47.4 Å². The van der Waals surface area contributed by atoms with E-state index >= 15 is 0 Å². The molecule has 0 unspecified atom stereocenters. The lowest BCUT2D eigenvalue weighted by molar-refractivity contribution is -0.128. The second-order valence-electron chi connectivity index (χ2n) is 6.84. The SMILES string of the molecule is O=C(/C=C/c1ccc2c(c1)OCCO2)Nc1cccc(CN2CCCC2=O)c1. The summed E-state index contributed by atoms with van der Waals surface area (Å²) < 4.78 is 11.0. The van der Waals surface area contributed by atoms with Gasteiger partial charge in [0.1, 0.15) is 13.2 Å². The number of nitrogens with one attached hydrogen (secondary N) is 1. The number of benzene rings is 2. The van der Waals surface area contributed by atoms with E-state index in [1.54, 1.807) is 6.08 Å². The topological polar surface area (TPSA) is 67.9 Å². The van der Waals surface area contributed by atoms with Crippen LogP contribution in [0.15, 0.2) is 48.5 Å². The first kappa shape index (κ1) is 18.1. The normalized spacial score (nSPS) is 15.9. The van der Waals surface area contributed by atoms with Crippen LogP contribution in [0.4, 0.5) is 5.69 Å². The summed E-state index contributed by atoms with van der Waals surface area (Å²) in [5.74, 6) is 1.39.